The Morgan fingerprint density at radius 1 is 1.60 bits per heavy atom. The molecule has 0 aliphatic rings. The van der Waals surface area contributed by atoms with Crippen molar-refractivity contribution in [2.24, 2.45) is 0 Å². The molecule has 0 saturated heterocycles. The Hall–Kier alpha value is -1.40. The summed E-state index contributed by atoms with van der Waals surface area (Å²) < 4.78 is 6.62. The third kappa shape index (κ3) is 3.03. The third-order valence-corrected chi connectivity index (χ3v) is 1.97. The van der Waals surface area contributed by atoms with E-state index in [4.69, 9.17) is 14.9 Å². The number of aromatic nitrogens is 2. The van der Waals surface area contributed by atoms with E-state index in [-0.39, 0.29) is 18.9 Å². The van der Waals surface area contributed by atoms with Crippen molar-refractivity contribution in [3.63, 3.8) is 0 Å². The van der Waals surface area contributed by atoms with Gasteiger partial charge in [-0.05, 0) is 6.92 Å². The van der Waals surface area contributed by atoms with Crippen molar-refractivity contribution in [1.82, 2.24) is 9.55 Å². The predicted octanol–water partition coefficient (Wildman–Crippen LogP) is -0.101. The molecule has 2 N–H and O–H groups in total. The lowest BCUT2D eigenvalue weighted by Crippen LogP contribution is -2.14. The maximum absolute atomic E-state index is 10.8. The molecule has 0 fully saturated rings. The molecule has 1 aromatic heterocycles. The first-order chi connectivity index (χ1) is 7.16. The van der Waals surface area contributed by atoms with Gasteiger partial charge in [-0.15, -0.1) is 0 Å². The van der Waals surface area contributed by atoms with Crippen molar-refractivity contribution >= 4 is 5.97 Å². The highest BCUT2D eigenvalue weighted by atomic mass is 16.5. The van der Waals surface area contributed by atoms with Gasteiger partial charge in [0.1, 0.15) is 11.5 Å². The molecule has 0 saturated carbocycles. The minimum Gasteiger partial charge on any atom is -0.477 e. The highest BCUT2D eigenvalue weighted by Crippen LogP contribution is 2.04. The van der Waals surface area contributed by atoms with E-state index in [2.05, 4.69) is 4.98 Å². The standard InChI is InChI=1S/C9H14N2O4/c1-7-10-6-8(9(13)14)11(7)2-4-15-5-3-12/h6,12H,2-5H2,1H3,(H,13,14). The molecule has 1 rings (SSSR count). The molecule has 0 aromatic carbocycles. The summed E-state index contributed by atoms with van der Waals surface area (Å²) >= 11 is 0. The van der Waals surface area contributed by atoms with Gasteiger partial charge in [0.15, 0.2) is 0 Å². The number of hydrogen-bond donors (Lipinski definition) is 2. The Labute approximate surface area is 87.1 Å². The van der Waals surface area contributed by atoms with Crippen molar-refractivity contribution in [2.45, 2.75) is 13.5 Å². The van der Waals surface area contributed by atoms with E-state index in [1.807, 2.05) is 0 Å². The number of nitrogens with zero attached hydrogens (tertiary/aromatic N) is 2. The largest absolute Gasteiger partial charge is 0.477 e. The number of hydrogen-bond acceptors (Lipinski definition) is 4. The summed E-state index contributed by atoms with van der Waals surface area (Å²) in [5, 5.41) is 17.3. The smallest absolute Gasteiger partial charge is 0.354 e. The number of rotatable bonds is 6. The van der Waals surface area contributed by atoms with E-state index in [0.717, 1.165) is 0 Å². The number of aryl methyl sites for hydroxylation is 1. The summed E-state index contributed by atoms with van der Waals surface area (Å²) in [4.78, 5) is 14.7. The van der Waals surface area contributed by atoms with E-state index in [1.54, 1.807) is 11.5 Å². The van der Waals surface area contributed by atoms with Crippen LogP contribution in [0, 0.1) is 6.92 Å². The Balaban J connectivity index is 2.58. The van der Waals surface area contributed by atoms with Crippen molar-refractivity contribution in [1.29, 1.82) is 0 Å². The van der Waals surface area contributed by atoms with Gasteiger partial charge in [-0.2, -0.15) is 0 Å². The molecular weight excluding hydrogens is 200 g/mol. The molecule has 6 heteroatoms. The minimum absolute atomic E-state index is 0.0330. The van der Waals surface area contributed by atoms with Crippen LogP contribution < -0.4 is 0 Å². The van der Waals surface area contributed by atoms with E-state index in [9.17, 15) is 4.79 Å². The van der Waals surface area contributed by atoms with Gasteiger partial charge >= 0.3 is 5.97 Å². The van der Waals surface area contributed by atoms with E-state index >= 15 is 0 Å². The number of carboxylic acids is 1. The SMILES string of the molecule is Cc1ncc(C(=O)O)n1CCOCCO. The summed E-state index contributed by atoms with van der Waals surface area (Å²) in [5.74, 6) is -0.363. The average molecular weight is 214 g/mol. The molecule has 0 aliphatic heterocycles. The Kier molecular flexibility index (Phi) is 4.26. The second-order valence-electron chi connectivity index (χ2n) is 2.98. The van der Waals surface area contributed by atoms with Crippen molar-refractivity contribution in [2.75, 3.05) is 19.8 Å². The van der Waals surface area contributed by atoms with Gasteiger partial charge in [0.2, 0.25) is 0 Å². The van der Waals surface area contributed by atoms with Crippen LogP contribution in [-0.2, 0) is 11.3 Å². The fourth-order valence-electron chi connectivity index (χ4n) is 1.24. The summed E-state index contributed by atoms with van der Waals surface area (Å²) in [6.07, 6.45) is 1.32. The molecule has 0 unspecified atom stereocenters. The summed E-state index contributed by atoms with van der Waals surface area (Å²) in [7, 11) is 0. The summed E-state index contributed by atoms with van der Waals surface area (Å²) in [5.41, 5.74) is 0.153. The van der Waals surface area contributed by atoms with Crippen LogP contribution in [0.4, 0.5) is 0 Å². The van der Waals surface area contributed by atoms with Gasteiger partial charge in [0, 0.05) is 6.54 Å². The average Bonchev–Trinajstić information content (AvgIpc) is 2.55. The van der Waals surface area contributed by atoms with Gasteiger partial charge in [-0.1, -0.05) is 0 Å². The molecule has 84 valence electrons. The normalized spacial score (nSPS) is 10.5. The lowest BCUT2D eigenvalue weighted by Gasteiger charge is -2.07. The van der Waals surface area contributed by atoms with Crippen LogP contribution in [0.5, 0.6) is 0 Å². The zero-order valence-corrected chi connectivity index (χ0v) is 8.51. The molecule has 15 heavy (non-hydrogen) atoms. The highest BCUT2D eigenvalue weighted by molar-refractivity contribution is 5.85. The molecular formula is C9H14N2O4. The molecule has 0 spiro atoms. The van der Waals surface area contributed by atoms with Crippen molar-refractivity contribution in [3.8, 4) is 0 Å². The third-order valence-electron chi connectivity index (χ3n) is 1.97. The Bertz CT molecular complexity index is 335. The Morgan fingerprint density at radius 3 is 2.93 bits per heavy atom. The van der Waals surface area contributed by atoms with Gasteiger partial charge in [-0.25, -0.2) is 9.78 Å². The molecule has 0 atom stereocenters. The number of imidazole rings is 1. The van der Waals surface area contributed by atoms with Gasteiger partial charge < -0.3 is 19.5 Å². The molecule has 6 nitrogen and oxygen atoms in total. The number of aliphatic hydroxyl groups excluding tert-OH is 1. The van der Waals surface area contributed by atoms with Crippen LogP contribution in [0.15, 0.2) is 6.20 Å². The molecule has 1 heterocycles. The first-order valence-corrected chi connectivity index (χ1v) is 4.61. The zero-order chi connectivity index (χ0) is 11.3. The van der Waals surface area contributed by atoms with E-state index in [0.29, 0.717) is 19.0 Å². The molecule has 0 amide bonds. The summed E-state index contributed by atoms with van der Waals surface area (Å²) in [6.45, 7) is 2.74. The van der Waals surface area contributed by atoms with Crippen LogP contribution >= 0.6 is 0 Å². The zero-order valence-electron chi connectivity index (χ0n) is 8.51. The number of aliphatic hydroxyl groups is 1. The van der Waals surface area contributed by atoms with E-state index in [1.165, 1.54) is 6.20 Å². The molecule has 0 radical (unpaired) electrons. The molecule has 0 aliphatic carbocycles. The maximum atomic E-state index is 10.8. The van der Waals surface area contributed by atoms with Crippen molar-refractivity contribution in [3.05, 3.63) is 17.7 Å². The second kappa shape index (κ2) is 5.47. The van der Waals surface area contributed by atoms with Crippen LogP contribution in [-0.4, -0.2) is 45.6 Å². The van der Waals surface area contributed by atoms with E-state index < -0.39 is 5.97 Å². The van der Waals surface area contributed by atoms with Gasteiger partial charge in [0.25, 0.3) is 0 Å². The quantitative estimate of drug-likeness (QED) is 0.646. The lowest BCUT2D eigenvalue weighted by atomic mass is 10.4. The first kappa shape index (κ1) is 11.7. The fraction of sp³-hybridized carbons (Fsp3) is 0.556. The fourth-order valence-corrected chi connectivity index (χ4v) is 1.24. The van der Waals surface area contributed by atoms with Crippen LogP contribution in [0.2, 0.25) is 0 Å². The maximum Gasteiger partial charge on any atom is 0.354 e. The van der Waals surface area contributed by atoms with Crippen molar-refractivity contribution < 1.29 is 19.7 Å². The predicted molar refractivity (Wildman–Crippen MR) is 51.8 cm³/mol. The van der Waals surface area contributed by atoms with Crippen LogP contribution in [0.1, 0.15) is 16.3 Å². The number of carbonyl (C=O) groups is 1. The van der Waals surface area contributed by atoms with Crippen LogP contribution in [0.25, 0.3) is 0 Å². The van der Waals surface area contributed by atoms with Crippen LogP contribution in [0.3, 0.4) is 0 Å². The lowest BCUT2D eigenvalue weighted by molar-refractivity contribution is 0.0671. The number of aromatic carboxylic acids is 1. The first-order valence-electron chi connectivity index (χ1n) is 4.61. The second-order valence-corrected chi connectivity index (χ2v) is 2.98. The Morgan fingerprint density at radius 2 is 2.33 bits per heavy atom. The number of ether oxygens (including phenoxy) is 1. The van der Waals surface area contributed by atoms with Gasteiger partial charge in [-0.3, -0.25) is 0 Å². The minimum atomic E-state index is -1.00. The van der Waals surface area contributed by atoms with Gasteiger partial charge in [0.05, 0.1) is 26.0 Å². The molecule has 1 aromatic rings. The summed E-state index contributed by atoms with van der Waals surface area (Å²) in [6, 6.07) is 0. The number of carboxylic acid groups (broad SMARTS) is 1. The molecule has 0 bridgehead atoms. The highest BCUT2D eigenvalue weighted by Gasteiger charge is 2.12. The topological polar surface area (TPSA) is 84.6 Å². The monoisotopic (exact) mass is 214 g/mol.